The number of nitrogens with one attached hydrogen (secondary N) is 1. The van der Waals surface area contributed by atoms with Crippen molar-refractivity contribution in [3.8, 4) is 17.3 Å². The fourth-order valence-corrected chi connectivity index (χ4v) is 5.16. The molecule has 2 saturated heterocycles. The maximum Gasteiger partial charge on any atom is 0.309 e. The summed E-state index contributed by atoms with van der Waals surface area (Å²) in [4.78, 5) is 32.5. The van der Waals surface area contributed by atoms with Crippen LogP contribution in [0.5, 0.6) is 0 Å². The van der Waals surface area contributed by atoms with E-state index < -0.39 is 0 Å². The molecule has 172 valence electrons. The zero-order valence-corrected chi connectivity index (χ0v) is 18.5. The Morgan fingerprint density at radius 3 is 2.88 bits per heavy atom. The molecule has 2 aliphatic rings. The summed E-state index contributed by atoms with van der Waals surface area (Å²) < 4.78 is 7.08. The molecule has 0 spiro atoms. The summed E-state index contributed by atoms with van der Waals surface area (Å²) in [6.07, 6.45) is 12.2. The van der Waals surface area contributed by atoms with Gasteiger partial charge in [-0.2, -0.15) is 10.4 Å². The van der Waals surface area contributed by atoms with Gasteiger partial charge in [-0.25, -0.2) is 15.0 Å². The van der Waals surface area contributed by atoms with Crippen LogP contribution in [0.2, 0.25) is 0 Å². The Labute approximate surface area is 195 Å². The average molecular weight is 457 g/mol. The molecule has 11 nitrogen and oxygen atoms in total. The van der Waals surface area contributed by atoms with Crippen molar-refractivity contribution in [2.45, 2.75) is 30.8 Å². The van der Waals surface area contributed by atoms with Gasteiger partial charge in [0.15, 0.2) is 0 Å². The third-order valence-corrected chi connectivity index (χ3v) is 6.98. The summed E-state index contributed by atoms with van der Waals surface area (Å²) in [5, 5.41) is 15.1. The average Bonchev–Trinajstić information content (AvgIpc) is 3.62. The Balaban J connectivity index is 1.14. The molecular weight excluding hydrogens is 434 g/mol. The molecule has 34 heavy (non-hydrogen) atoms. The Morgan fingerprint density at radius 2 is 2.12 bits per heavy atom. The van der Waals surface area contributed by atoms with E-state index in [0.29, 0.717) is 25.6 Å². The van der Waals surface area contributed by atoms with Crippen LogP contribution in [0, 0.1) is 11.3 Å². The zero-order chi connectivity index (χ0) is 23.1. The van der Waals surface area contributed by atoms with Crippen molar-refractivity contribution in [3.63, 3.8) is 0 Å². The van der Waals surface area contributed by atoms with Crippen LogP contribution in [-0.2, 0) is 5.54 Å². The van der Waals surface area contributed by atoms with Crippen LogP contribution in [0.4, 0.5) is 0 Å². The van der Waals surface area contributed by atoms with Crippen molar-refractivity contribution < 1.29 is 9.21 Å². The summed E-state index contributed by atoms with van der Waals surface area (Å²) >= 11 is 0. The number of rotatable bonds is 5. The molecule has 0 radical (unpaired) electrons. The lowest BCUT2D eigenvalue weighted by Crippen LogP contribution is -2.66. The molecule has 1 amide bonds. The number of aromatic nitrogens is 6. The smallest absolute Gasteiger partial charge is 0.309 e. The molecule has 0 aliphatic carbocycles. The summed E-state index contributed by atoms with van der Waals surface area (Å²) in [6.45, 7) is 2.84. The minimum atomic E-state index is -0.359. The van der Waals surface area contributed by atoms with Gasteiger partial charge in [0.05, 0.1) is 30.6 Å². The highest BCUT2D eigenvalue weighted by Gasteiger charge is 2.48. The number of amides is 1. The van der Waals surface area contributed by atoms with Gasteiger partial charge in [-0.05, 0) is 18.9 Å². The second-order valence-corrected chi connectivity index (χ2v) is 8.96. The van der Waals surface area contributed by atoms with E-state index in [9.17, 15) is 10.1 Å². The molecule has 4 aromatic heterocycles. The van der Waals surface area contributed by atoms with Crippen molar-refractivity contribution in [3.05, 3.63) is 49.3 Å². The molecule has 11 heteroatoms. The van der Waals surface area contributed by atoms with Crippen LogP contribution in [0.1, 0.15) is 29.9 Å². The van der Waals surface area contributed by atoms with Gasteiger partial charge in [0.25, 0.3) is 5.89 Å². The topological polar surface area (TPSA) is 133 Å². The fraction of sp³-hybridized carbons (Fsp3) is 0.391. The maximum absolute atomic E-state index is 12.5. The summed E-state index contributed by atoms with van der Waals surface area (Å²) in [7, 11) is 0. The Kier molecular flexibility index (Phi) is 4.88. The normalized spacial score (nSPS) is 18.6. The number of aromatic amines is 1. The summed E-state index contributed by atoms with van der Waals surface area (Å²) in [5.41, 5.74) is 2.15. The molecule has 0 atom stereocenters. The quantitative estimate of drug-likeness (QED) is 0.481. The molecule has 6 heterocycles. The number of hydrogen-bond donors (Lipinski definition) is 1. The Morgan fingerprint density at radius 1 is 1.26 bits per heavy atom. The maximum atomic E-state index is 12.5. The molecule has 2 aliphatic heterocycles. The van der Waals surface area contributed by atoms with Crippen LogP contribution >= 0.6 is 0 Å². The molecule has 4 aromatic rings. The van der Waals surface area contributed by atoms with Gasteiger partial charge in [-0.3, -0.25) is 14.4 Å². The molecule has 0 aromatic carbocycles. The number of likely N-dealkylation sites (tertiary alicyclic amines) is 2. The van der Waals surface area contributed by atoms with E-state index in [4.69, 9.17) is 4.42 Å². The van der Waals surface area contributed by atoms with Gasteiger partial charge in [0.2, 0.25) is 0 Å². The second-order valence-electron chi connectivity index (χ2n) is 8.96. The van der Waals surface area contributed by atoms with Gasteiger partial charge in [0, 0.05) is 55.6 Å². The van der Waals surface area contributed by atoms with Crippen molar-refractivity contribution in [2.75, 3.05) is 26.2 Å². The number of carbonyl (C=O) groups is 1. The highest BCUT2D eigenvalue weighted by molar-refractivity contribution is 5.90. The number of nitrogens with zero attached hydrogens (tertiary/aromatic N) is 8. The predicted molar refractivity (Wildman–Crippen MR) is 120 cm³/mol. The molecular formula is C23H23N9O2. The van der Waals surface area contributed by atoms with E-state index in [2.05, 4.69) is 36.0 Å². The fourth-order valence-electron chi connectivity index (χ4n) is 5.16. The predicted octanol–water partition coefficient (Wildman–Crippen LogP) is 2.04. The molecule has 2 fully saturated rings. The van der Waals surface area contributed by atoms with E-state index in [1.54, 1.807) is 11.2 Å². The van der Waals surface area contributed by atoms with Crippen molar-refractivity contribution >= 4 is 16.9 Å². The lowest BCUT2D eigenvalue weighted by molar-refractivity contribution is -0.0414. The van der Waals surface area contributed by atoms with Gasteiger partial charge < -0.3 is 14.3 Å². The van der Waals surface area contributed by atoms with E-state index in [-0.39, 0.29) is 17.3 Å². The van der Waals surface area contributed by atoms with Gasteiger partial charge in [-0.1, -0.05) is 0 Å². The first-order valence-corrected chi connectivity index (χ1v) is 11.3. The van der Waals surface area contributed by atoms with Crippen LogP contribution in [-0.4, -0.2) is 77.6 Å². The molecule has 6 rings (SSSR count). The highest BCUT2D eigenvalue weighted by atomic mass is 16.4. The van der Waals surface area contributed by atoms with E-state index in [1.165, 1.54) is 12.5 Å². The van der Waals surface area contributed by atoms with E-state index in [0.717, 1.165) is 48.2 Å². The first-order chi connectivity index (χ1) is 16.7. The molecule has 0 saturated carbocycles. The monoisotopic (exact) mass is 457 g/mol. The van der Waals surface area contributed by atoms with Crippen molar-refractivity contribution in [1.29, 1.82) is 5.26 Å². The van der Waals surface area contributed by atoms with Crippen LogP contribution < -0.4 is 0 Å². The largest absolute Gasteiger partial charge is 0.441 e. The van der Waals surface area contributed by atoms with Crippen LogP contribution in [0.15, 0.2) is 47.9 Å². The third kappa shape index (κ3) is 3.34. The van der Waals surface area contributed by atoms with Crippen LogP contribution in [0.25, 0.3) is 22.3 Å². The number of carbonyl (C=O) groups excluding carboxylic acids is 1. The number of H-pyrrole nitrogens is 1. The van der Waals surface area contributed by atoms with E-state index >= 15 is 0 Å². The minimum absolute atomic E-state index is 0.144. The molecule has 0 bridgehead atoms. The Hall–Kier alpha value is -4.04. The van der Waals surface area contributed by atoms with E-state index in [1.807, 2.05) is 29.3 Å². The molecule has 1 N–H and O–H groups in total. The number of fused-ring (bicyclic) bond motifs is 1. The summed E-state index contributed by atoms with van der Waals surface area (Å²) in [6, 6.07) is 4.68. The second kappa shape index (κ2) is 8.07. The highest BCUT2D eigenvalue weighted by Crippen LogP contribution is 2.37. The minimum Gasteiger partial charge on any atom is -0.441 e. The summed E-state index contributed by atoms with van der Waals surface area (Å²) in [5.74, 6) is -0.0123. The first-order valence-electron chi connectivity index (χ1n) is 11.3. The zero-order valence-electron chi connectivity index (χ0n) is 18.5. The lowest BCUT2D eigenvalue weighted by Gasteiger charge is -2.53. The number of hydrogen-bond acceptors (Lipinski definition) is 8. The van der Waals surface area contributed by atoms with Crippen LogP contribution in [0.3, 0.4) is 0 Å². The molecule has 0 unspecified atom stereocenters. The lowest BCUT2D eigenvalue weighted by atomic mass is 9.84. The SMILES string of the molecule is N#CCC1(n2cc(-c3ncnc4[nH]ccc34)cn2)CN(C2CCN(C(=O)c3ncco3)CC2)C1. The number of piperidine rings is 1. The van der Waals surface area contributed by atoms with Gasteiger partial charge in [0.1, 0.15) is 23.8 Å². The standard InChI is InChI=1S/C23H23N9O2/c24-5-4-23(32-12-16(11-29-32)19-18-1-6-25-20(18)28-15-27-19)13-31(14-23)17-2-8-30(9-3-17)22(33)21-26-7-10-34-21/h1,6-7,10-12,15,17H,2-4,8-9,13-14H2,(H,25,27,28). The number of nitriles is 1. The van der Waals surface area contributed by atoms with Gasteiger partial charge >= 0.3 is 5.91 Å². The Bertz CT molecular complexity index is 1350. The number of oxazole rings is 1. The van der Waals surface area contributed by atoms with Crippen molar-refractivity contribution in [1.82, 2.24) is 39.5 Å². The van der Waals surface area contributed by atoms with Crippen molar-refractivity contribution in [2.24, 2.45) is 0 Å². The first kappa shape index (κ1) is 20.6. The third-order valence-electron chi connectivity index (χ3n) is 6.98. The van der Waals surface area contributed by atoms with Gasteiger partial charge in [-0.15, -0.1) is 0 Å².